The lowest BCUT2D eigenvalue weighted by atomic mass is 10.1. The standard InChI is InChI=1S/C12H20N2O/c1-9-4-5-10(2)12(6-9)14(3)7-11(13)8-15/h4-6,11,15H,7-8,13H2,1-3H3. The Morgan fingerprint density at radius 1 is 1.40 bits per heavy atom. The second kappa shape index (κ2) is 5.14. The summed E-state index contributed by atoms with van der Waals surface area (Å²) in [5.41, 5.74) is 9.35. The predicted octanol–water partition coefficient (Wildman–Crippen LogP) is 1.06. The Morgan fingerprint density at radius 3 is 2.67 bits per heavy atom. The van der Waals surface area contributed by atoms with Gasteiger partial charge in [0.2, 0.25) is 0 Å². The first kappa shape index (κ1) is 12.0. The largest absolute Gasteiger partial charge is 0.395 e. The van der Waals surface area contributed by atoms with Crippen molar-refractivity contribution in [3.8, 4) is 0 Å². The maximum Gasteiger partial charge on any atom is 0.0599 e. The number of benzene rings is 1. The molecule has 84 valence electrons. The molecule has 0 spiro atoms. The molecule has 1 rings (SSSR count). The number of anilines is 1. The van der Waals surface area contributed by atoms with Crippen molar-refractivity contribution in [3.05, 3.63) is 29.3 Å². The molecule has 1 aromatic carbocycles. The van der Waals surface area contributed by atoms with Crippen molar-refractivity contribution in [1.82, 2.24) is 0 Å². The molecule has 0 bridgehead atoms. The molecular weight excluding hydrogens is 188 g/mol. The molecule has 0 amide bonds. The number of likely N-dealkylation sites (N-methyl/N-ethyl adjacent to an activating group) is 1. The number of hydrogen-bond acceptors (Lipinski definition) is 3. The zero-order valence-electron chi connectivity index (χ0n) is 9.70. The highest BCUT2D eigenvalue weighted by molar-refractivity contribution is 5.54. The number of aliphatic hydroxyl groups is 1. The Kier molecular flexibility index (Phi) is 4.12. The van der Waals surface area contributed by atoms with Crippen molar-refractivity contribution < 1.29 is 5.11 Å². The van der Waals surface area contributed by atoms with E-state index < -0.39 is 0 Å². The molecule has 1 aromatic rings. The highest BCUT2D eigenvalue weighted by Crippen LogP contribution is 2.20. The highest BCUT2D eigenvalue weighted by Gasteiger charge is 2.08. The van der Waals surface area contributed by atoms with E-state index in [1.165, 1.54) is 16.8 Å². The summed E-state index contributed by atoms with van der Waals surface area (Å²) < 4.78 is 0. The van der Waals surface area contributed by atoms with E-state index in [1.54, 1.807) is 0 Å². The summed E-state index contributed by atoms with van der Waals surface area (Å²) in [5.74, 6) is 0. The number of aryl methyl sites for hydroxylation is 2. The highest BCUT2D eigenvalue weighted by atomic mass is 16.3. The molecule has 1 unspecified atom stereocenters. The van der Waals surface area contributed by atoms with Gasteiger partial charge < -0.3 is 15.7 Å². The molecule has 0 heterocycles. The van der Waals surface area contributed by atoms with Crippen LogP contribution in [0.15, 0.2) is 18.2 Å². The summed E-state index contributed by atoms with van der Waals surface area (Å²) in [4.78, 5) is 2.09. The van der Waals surface area contributed by atoms with Gasteiger partial charge >= 0.3 is 0 Å². The van der Waals surface area contributed by atoms with Gasteiger partial charge in [0.15, 0.2) is 0 Å². The first-order valence-corrected chi connectivity index (χ1v) is 5.19. The molecule has 0 radical (unpaired) electrons. The van der Waals surface area contributed by atoms with Gasteiger partial charge in [-0.2, -0.15) is 0 Å². The number of rotatable bonds is 4. The van der Waals surface area contributed by atoms with Crippen LogP contribution in [0, 0.1) is 13.8 Å². The van der Waals surface area contributed by atoms with Crippen molar-refractivity contribution in [2.75, 3.05) is 25.1 Å². The molecule has 0 saturated heterocycles. The van der Waals surface area contributed by atoms with Crippen LogP contribution in [0.3, 0.4) is 0 Å². The normalized spacial score (nSPS) is 12.6. The van der Waals surface area contributed by atoms with E-state index in [-0.39, 0.29) is 12.6 Å². The van der Waals surface area contributed by atoms with Crippen molar-refractivity contribution in [1.29, 1.82) is 0 Å². The van der Waals surface area contributed by atoms with Gasteiger partial charge in [0.05, 0.1) is 6.61 Å². The van der Waals surface area contributed by atoms with E-state index in [2.05, 4.69) is 36.9 Å². The molecule has 0 aromatic heterocycles. The van der Waals surface area contributed by atoms with Gasteiger partial charge in [0.25, 0.3) is 0 Å². The second-order valence-corrected chi connectivity index (χ2v) is 4.11. The SMILES string of the molecule is Cc1ccc(C)c(N(C)CC(N)CO)c1. The van der Waals surface area contributed by atoms with Crippen LogP contribution in [0.2, 0.25) is 0 Å². The van der Waals surface area contributed by atoms with Gasteiger partial charge in [-0.1, -0.05) is 12.1 Å². The fraction of sp³-hybridized carbons (Fsp3) is 0.500. The maximum atomic E-state index is 8.90. The number of nitrogens with two attached hydrogens (primary N) is 1. The molecular formula is C12H20N2O. The van der Waals surface area contributed by atoms with E-state index in [0.717, 1.165) is 0 Å². The Morgan fingerprint density at radius 2 is 2.07 bits per heavy atom. The lowest BCUT2D eigenvalue weighted by Gasteiger charge is -2.24. The Labute approximate surface area is 91.5 Å². The number of hydrogen-bond donors (Lipinski definition) is 2. The Balaban J connectivity index is 2.80. The molecule has 3 nitrogen and oxygen atoms in total. The van der Waals surface area contributed by atoms with E-state index in [9.17, 15) is 0 Å². The van der Waals surface area contributed by atoms with E-state index in [4.69, 9.17) is 10.8 Å². The lowest BCUT2D eigenvalue weighted by molar-refractivity contribution is 0.267. The summed E-state index contributed by atoms with van der Waals surface area (Å²) >= 11 is 0. The van der Waals surface area contributed by atoms with Gasteiger partial charge in [-0.3, -0.25) is 0 Å². The summed E-state index contributed by atoms with van der Waals surface area (Å²) in [5, 5.41) is 8.90. The topological polar surface area (TPSA) is 49.5 Å². The van der Waals surface area contributed by atoms with Crippen LogP contribution in [0.4, 0.5) is 5.69 Å². The minimum atomic E-state index is -0.185. The quantitative estimate of drug-likeness (QED) is 0.778. The maximum absolute atomic E-state index is 8.90. The van der Waals surface area contributed by atoms with Crippen molar-refractivity contribution in [2.24, 2.45) is 5.73 Å². The first-order valence-electron chi connectivity index (χ1n) is 5.19. The zero-order valence-corrected chi connectivity index (χ0v) is 9.70. The van der Waals surface area contributed by atoms with Crippen molar-refractivity contribution in [2.45, 2.75) is 19.9 Å². The fourth-order valence-corrected chi connectivity index (χ4v) is 1.64. The molecule has 3 N–H and O–H groups in total. The van der Waals surface area contributed by atoms with E-state index in [1.807, 2.05) is 7.05 Å². The van der Waals surface area contributed by atoms with Gasteiger partial charge in [0.1, 0.15) is 0 Å². The molecule has 0 fully saturated rings. The minimum absolute atomic E-state index is 0.0230. The van der Waals surface area contributed by atoms with Crippen LogP contribution in [0.1, 0.15) is 11.1 Å². The average Bonchev–Trinajstić information content (AvgIpc) is 2.21. The molecule has 0 aliphatic rings. The first-order chi connectivity index (χ1) is 7.04. The lowest BCUT2D eigenvalue weighted by Crippen LogP contribution is -2.38. The second-order valence-electron chi connectivity index (χ2n) is 4.11. The van der Waals surface area contributed by atoms with E-state index >= 15 is 0 Å². The van der Waals surface area contributed by atoms with Crippen LogP contribution in [0.5, 0.6) is 0 Å². The van der Waals surface area contributed by atoms with Crippen LogP contribution in [-0.4, -0.2) is 31.3 Å². The van der Waals surface area contributed by atoms with Crippen LogP contribution in [0.25, 0.3) is 0 Å². The molecule has 0 aliphatic carbocycles. The van der Waals surface area contributed by atoms with Crippen LogP contribution >= 0.6 is 0 Å². The average molecular weight is 208 g/mol. The third-order valence-electron chi connectivity index (χ3n) is 2.52. The predicted molar refractivity (Wildman–Crippen MR) is 64.2 cm³/mol. The van der Waals surface area contributed by atoms with Crippen LogP contribution < -0.4 is 10.6 Å². The fourth-order valence-electron chi connectivity index (χ4n) is 1.64. The third kappa shape index (κ3) is 3.22. The molecule has 3 heteroatoms. The monoisotopic (exact) mass is 208 g/mol. The smallest absolute Gasteiger partial charge is 0.0599 e. The Bertz CT molecular complexity index is 325. The van der Waals surface area contributed by atoms with Gasteiger partial charge in [-0.05, 0) is 31.0 Å². The van der Waals surface area contributed by atoms with Gasteiger partial charge in [-0.15, -0.1) is 0 Å². The Hall–Kier alpha value is -1.06. The molecule has 1 atom stereocenters. The summed E-state index contributed by atoms with van der Waals surface area (Å²) in [7, 11) is 2.00. The van der Waals surface area contributed by atoms with Crippen LogP contribution in [-0.2, 0) is 0 Å². The number of nitrogens with zero attached hydrogens (tertiary/aromatic N) is 1. The summed E-state index contributed by atoms with van der Waals surface area (Å²) in [6, 6.07) is 6.15. The summed E-state index contributed by atoms with van der Waals surface area (Å²) in [6.07, 6.45) is 0. The molecule has 15 heavy (non-hydrogen) atoms. The third-order valence-corrected chi connectivity index (χ3v) is 2.52. The molecule has 0 aliphatic heterocycles. The zero-order chi connectivity index (χ0) is 11.4. The number of aliphatic hydroxyl groups excluding tert-OH is 1. The van der Waals surface area contributed by atoms with Gasteiger partial charge in [0, 0.05) is 25.3 Å². The van der Waals surface area contributed by atoms with Crippen molar-refractivity contribution in [3.63, 3.8) is 0 Å². The molecule has 0 saturated carbocycles. The van der Waals surface area contributed by atoms with Gasteiger partial charge in [-0.25, -0.2) is 0 Å². The minimum Gasteiger partial charge on any atom is -0.395 e. The van der Waals surface area contributed by atoms with E-state index in [0.29, 0.717) is 6.54 Å². The summed E-state index contributed by atoms with van der Waals surface area (Å²) in [6.45, 7) is 4.84. The van der Waals surface area contributed by atoms with Crippen molar-refractivity contribution >= 4 is 5.69 Å².